The number of halogens is 1. The normalized spacial score (nSPS) is 22.6. The van der Waals surface area contributed by atoms with E-state index in [1.165, 1.54) is 6.07 Å². The van der Waals surface area contributed by atoms with Gasteiger partial charge in [-0.15, -0.1) is 0 Å². The predicted molar refractivity (Wildman–Crippen MR) is 75.9 cm³/mol. The summed E-state index contributed by atoms with van der Waals surface area (Å²) in [5, 5.41) is 23.5. The second kappa shape index (κ2) is 6.45. The third-order valence-corrected chi connectivity index (χ3v) is 4.62. The van der Waals surface area contributed by atoms with E-state index < -0.39 is 0 Å². The van der Waals surface area contributed by atoms with Gasteiger partial charge in [0.25, 0.3) is 5.69 Å². The number of hydrogen-bond acceptors (Lipinski definition) is 4. The lowest BCUT2D eigenvalue weighted by Crippen LogP contribution is -2.33. The Morgan fingerprint density at radius 2 is 2.26 bits per heavy atom. The fraction of sp³-hybridized carbons (Fsp3) is 0.538. The molecule has 19 heavy (non-hydrogen) atoms. The zero-order valence-corrected chi connectivity index (χ0v) is 12.1. The van der Waals surface area contributed by atoms with Crippen LogP contribution >= 0.6 is 15.9 Å². The molecule has 1 saturated carbocycles. The summed E-state index contributed by atoms with van der Waals surface area (Å²) in [6.07, 6.45) is 3.22. The maximum Gasteiger partial charge on any atom is 0.283 e. The highest BCUT2D eigenvalue weighted by atomic mass is 79.9. The van der Waals surface area contributed by atoms with Gasteiger partial charge < -0.3 is 10.4 Å². The molecule has 2 N–H and O–H groups in total. The van der Waals surface area contributed by atoms with E-state index in [0.29, 0.717) is 23.0 Å². The number of rotatable bonds is 5. The zero-order valence-electron chi connectivity index (χ0n) is 10.5. The monoisotopic (exact) mass is 328 g/mol. The van der Waals surface area contributed by atoms with E-state index in [4.69, 9.17) is 0 Å². The first-order chi connectivity index (χ1) is 9.13. The fourth-order valence-corrected chi connectivity index (χ4v) is 3.16. The number of benzene rings is 1. The molecule has 0 bridgehead atoms. The van der Waals surface area contributed by atoms with Crippen LogP contribution < -0.4 is 5.32 Å². The fourth-order valence-electron chi connectivity index (χ4n) is 2.61. The molecule has 0 saturated heterocycles. The van der Waals surface area contributed by atoms with Gasteiger partial charge in [0.15, 0.2) is 0 Å². The molecule has 1 aliphatic rings. The van der Waals surface area contributed by atoms with Gasteiger partial charge in [-0.3, -0.25) is 10.1 Å². The van der Waals surface area contributed by atoms with Crippen molar-refractivity contribution in [2.75, 3.05) is 6.61 Å². The van der Waals surface area contributed by atoms with E-state index in [9.17, 15) is 15.2 Å². The summed E-state index contributed by atoms with van der Waals surface area (Å²) in [6, 6.07) is 5.35. The summed E-state index contributed by atoms with van der Waals surface area (Å²) in [5.74, 6) is 0.303. The number of nitrogens with one attached hydrogen (secondary N) is 1. The minimum absolute atomic E-state index is 0.0874. The van der Waals surface area contributed by atoms with Crippen molar-refractivity contribution in [3.05, 3.63) is 38.3 Å². The number of hydrogen-bond donors (Lipinski definition) is 2. The largest absolute Gasteiger partial charge is 0.396 e. The Hall–Kier alpha value is -0.980. The van der Waals surface area contributed by atoms with Gasteiger partial charge in [-0.05, 0) is 40.3 Å². The van der Waals surface area contributed by atoms with E-state index >= 15 is 0 Å². The van der Waals surface area contributed by atoms with Gasteiger partial charge in [0, 0.05) is 25.3 Å². The highest BCUT2D eigenvalue weighted by molar-refractivity contribution is 9.10. The van der Waals surface area contributed by atoms with Gasteiger partial charge in [-0.2, -0.15) is 0 Å². The van der Waals surface area contributed by atoms with Crippen molar-refractivity contribution in [1.82, 2.24) is 5.32 Å². The molecule has 5 nitrogen and oxygen atoms in total. The molecule has 0 radical (unpaired) electrons. The second-order valence-electron chi connectivity index (χ2n) is 4.87. The number of nitro benzene ring substituents is 1. The Morgan fingerprint density at radius 1 is 1.47 bits per heavy atom. The topological polar surface area (TPSA) is 75.4 Å². The molecule has 1 aromatic carbocycles. The molecular weight excluding hydrogens is 312 g/mol. The summed E-state index contributed by atoms with van der Waals surface area (Å²) in [4.78, 5) is 10.5. The lowest BCUT2D eigenvalue weighted by molar-refractivity contribution is -0.385. The molecule has 0 aliphatic heterocycles. The summed E-state index contributed by atoms with van der Waals surface area (Å²) in [7, 11) is 0. The second-order valence-corrected chi connectivity index (χ2v) is 5.66. The average Bonchev–Trinajstić information content (AvgIpc) is 2.84. The minimum Gasteiger partial charge on any atom is -0.396 e. The van der Waals surface area contributed by atoms with Gasteiger partial charge in [0.2, 0.25) is 0 Å². The van der Waals surface area contributed by atoms with Crippen LogP contribution in [0.25, 0.3) is 0 Å². The van der Waals surface area contributed by atoms with Gasteiger partial charge in [-0.25, -0.2) is 0 Å². The Kier molecular flexibility index (Phi) is 4.90. The predicted octanol–water partition coefficient (Wildman–Crippen LogP) is 2.61. The Labute approximate surface area is 120 Å². The van der Waals surface area contributed by atoms with E-state index in [1.54, 1.807) is 6.07 Å². The van der Waals surface area contributed by atoms with Crippen molar-refractivity contribution >= 4 is 21.6 Å². The van der Waals surface area contributed by atoms with E-state index in [2.05, 4.69) is 21.2 Å². The summed E-state index contributed by atoms with van der Waals surface area (Å²) < 4.78 is 0.533. The number of nitrogens with zero attached hydrogens (tertiary/aromatic N) is 1. The van der Waals surface area contributed by atoms with Crippen LogP contribution in [-0.4, -0.2) is 22.7 Å². The minimum atomic E-state index is -0.389. The van der Waals surface area contributed by atoms with Crippen molar-refractivity contribution in [1.29, 1.82) is 0 Å². The van der Waals surface area contributed by atoms with Gasteiger partial charge in [-0.1, -0.05) is 18.6 Å². The van der Waals surface area contributed by atoms with Crippen LogP contribution in [0, 0.1) is 16.0 Å². The first-order valence-electron chi connectivity index (χ1n) is 6.39. The number of nitro groups is 1. The molecule has 0 aromatic heterocycles. The quantitative estimate of drug-likeness (QED) is 0.643. The molecule has 104 valence electrons. The molecule has 1 fully saturated rings. The van der Waals surface area contributed by atoms with Gasteiger partial charge >= 0.3 is 0 Å². The highest BCUT2D eigenvalue weighted by Crippen LogP contribution is 2.29. The van der Waals surface area contributed by atoms with E-state index in [-0.39, 0.29) is 17.2 Å². The van der Waals surface area contributed by atoms with Crippen molar-refractivity contribution in [2.45, 2.75) is 31.8 Å². The van der Waals surface area contributed by atoms with E-state index in [1.807, 2.05) is 6.07 Å². The molecular formula is C13H17BrN2O3. The lowest BCUT2D eigenvalue weighted by atomic mass is 10.0. The van der Waals surface area contributed by atoms with Gasteiger partial charge in [0.1, 0.15) is 0 Å². The van der Waals surface area contributed by atoms with Crippen molar-refractivity contribution in [3.8, 4) is 0 Å². The number of aliphatic hydroxyl groups is 1. The maximum absolute atomic E-state index is 10.9. The van der Waals surface area contributed by atoms with Gasteiger partial charge in [0.05, 0.1) is 9.40 Å². The third-order valence-electron chi connectivity index (χ3n) is 3.70. The van der Waals surface area contributed by atoms with Crippen LogP contribution in [0.4, 0.5) is 5.69 Å². The third kappa shape index (κ3) is 3.32. The van der Waals surface area contributed by atoms with Crippen LogP contribution in [0.1, 0.15) is 24.8 Å². The number of aliphatic hydroxyl groups excluding tert-OH is 1. The van der Waals surface area contributed by atoms with Crippen molar-refractivity contribution in [3.63, 3.8) is 0 Å². The van der Waals surface area contributed by atoms with Crippen LogP contribution in [0.2, 0.25) is 0 Å². The summed E-state index contributed by atoms with van der Waals surface area (Å²) >= 11 is 3.29. The van der Waals surface area contributed by atoms with Crippen molar-refractivity contribution in [2.24, 2.45) is 5.92 Å². The molecule has 0 heterocycles. The summed E-state index contributed by atoms with van der Waals surface area (Å²) in [5.41, 5.74) is 0.960. The molecule has 0 amide bonds. The smallest absolute Gasteiger partial charge is 0.283 e. The zero-order chi connectivity index (χ0) is 13.8. The molecule has 0 spiro atoms. The first kappa shape index (κ1) is 14.4. The molecule has 2 atom stereocenters. The molecule has 2 unspecified atom stereocenters. The van der Waals surface area contributed by atoms with E-state index in [0.717, 1.165) is 24.8 Å². The first-order valence-corrected chi connectivity index (χ1v) is 7.18. The van der Waals surface area contributed by atoms with Crippen LogP contribution in [0.3, 0.4) is 0 Å². The van der Waals surface area contributed by atoms with Crippen LogP contribution in [-0.2, 0) is 6.54 Å². The standard InChI is InChI=1S/C13H17BrN2O3/c14-13-9(3-2-6-12(13)16(18)19)7-15-11-5-1-4-10(11)8-17/h2-3,6,10-11,15,17H,1,4-5,7-8H2. The molecule has 1 aromatic rings. The Morgan fingerprint density at radius 3 is 2.95 bits per heavy atom. The lowest BCUT2D eigenvalue weighted by Gasteiger charge is -2.19. The Bertz CT molecular complexity index is 467. The van der Waals surface area contributed by atoms with Crippen LogP contribution in [0.15, 0.2) is 22.7 Å². The molecule has 1 aliphatic carbocycles. The van der Waals surface area contributed by atoms with Crippen molar-refractivity contribution < 1.29 is 10.0 Å². The highest BCUT2D eigenvalue weighted by Gasteiger charge is 2.26. The maximum atomic E-state index is 10.9. The SMILES string of the molecule is O=[N+]([O-])c1cccc(CNC2CCCC2CO)c1Br. The average molecular weight is 329 g/mol. The Balaban J connectivity index is 2.03. The molecule has 2 rings (SSSR count). The summed E-state index contributed by atoms with van der Waals surface area (Å²) in [6.45, 7) is 0.775. The molecule has 6 heteroatoms. The van der Waals surface area contributed by atoms with Crippen LogP contribution in [0.5, 0.6) is 0 Å².